The van der Waals surface area contributed by atoms with Gasteiger partial charge < -0.3 is 5.32 Å². The molecule has 7 nitrogen and oxygen atoms in total. The normalized spacial score (nSPS) is 20.0. The highest BCUT2D eigenvalue weighted by molar-refractivity contribution is 7.89. The second-order valence-corrected chi connectivity index (χ2v) is 7.69. The summed E-state index contributed by atoms with van der Waals surface area (Å²) in [4.78, 5) is 10.3. The molecule has 8 heteroatoms. The van der Waals surface area contributed by atoms with Crippen LogP contribution in [0.5, 0.6) is 0 Å². The maximum Gasteiger partial charge on any atom is 0.293 e. The van der Waals surface area contributed by atoms with Crippen molar-refractivity contribution in [2.24, 2.45) is 11.3 Å². The molecule has 0 bridgehead atoms. The Bertz CT molecular complexity index is 670. The van der Waals surface area contributed by atoms with Gasteiger partial charge in [-0.25, -0.2) is 13.1 Å². The van der Waals surface area contributed by atoms with E-state index in [4.69, 9.17) is 0 Å². The number of sulfonamides is 1. The average Bonchev–Trinajstić information content (AvgIpc) is 3.03. The first-order valence-corrected chi connectivity index (χ1v) is 8.11. The van der Waals surface area contributed by atoms with Crippen LogP contribution in [0.1, 0.15) is 20.3 Å². The van der Waals surface area contributed by atoms with Crippen LogP contribution < -0.4 is 10.0 Å². The van der Waals surface area contributed by atoms with Crippen LogP contribution in [0.15, 0.2) is 23.1 Å². The molecule has 1 aliphatic rings. The quantitative estimate of drug-likeness (QED) is 0.617. The van der Waals surface area contributed by atoms with Crippen LogP contribution in [-0.2, 0) is 10.0 Å². The maximum absolute atomic E-state index is 12.2. The fraction of sp³-hybridized carbons (Fsp3) is 0.538. The van der Waals surface area contributed by atoms with Gasteiger partial charge in [0, 0.05) is 19.7 Å². The van der Waals surface area contributed by atoms with Crippen molar-refractivity contribution in [2.45, 2.75) is 25.2 Å². The molecule has 0 heterocycles. The number of hydrogen-bond donors (Lipinski definition) is 2. The van der Waals surface area contributed by atoms with E-state index in [1.807, 2.05) is 0 Å². The first-order valence-electron chi connectivity index (χ1n) is 6.63. The molecule has 2 rings (SSSR count). The van der Waals surface area contributed by atoms with Crippen LogP contribution in [0.4, 0.5) is 11.4 Å². The molecule has 0 aliphatic heterocycles. The topological polar surface area (TPSA) is 101 Å². The first-order chi connectivity index (χ1) is 9.67. The number of nitro benzene ring substituents is 1. The van der Waals surface area contributed by atoms with Gasteiger partial charge in [-0.1, -0.05) is 13.8 Å². The molecular formula is C13H19N3O4S. The summed E-state index contributed by atoms with van der Waals surface area (Å²) in [5.74, 6) is 0.318. The number of benzene rings is 1. The number of nitrogens with one attached hydrogen (secondary N) is 2. The van der Waals surface area contributed by atoms with Crippen molar-refractivity contribution in [1.82, 2.24) is 4.72 Å². The van der Waals surface area contributed by atoms with Crippen molar-refractivity contribution in [3.8, 4) is 0 Å². The fourth-order valence-electron chi connectivity index (χ4n) is 2.26. The van der Waals surface area contributed by atoms with Gasteiger partial charge in [0.25, 0.3) is 5.69 Å². The standard InChI is InChI=1S/C13H19N3O4S/c1-13(2)7-9(13)8-15-21(19,20)10-4-5-11(14-3)12(6-10)16(17)18/h4-6,9,14-15H,7-8H2,1-3H3. The van der Waals surface area contributed by atoms with E-state index < -0.39 is 14.9 Å². The second kappa shape index (κ2) is 5.27. The Hall–Kier alpha value is -1.67. The van der Waals surface area contributed by atoms with Crippen molar-refractivity contribution in [3.05, 3.63) is 28.3 Å². The molecule has 0 spiro atoms. The SMILES string of the molecule is CNc1ccc(S(=O)(=O)NCC2CC2(C)C)cc1[N+](=O)[O-]. The van der Waals surface area contributed by atoms with Gasteiger partial charge in [0.05, 0.1) is 9.82 Å². The summed E-state index contributed by atoms with van der Waals surface area (Å²) in [7, 11) is -2.18. The highest BCUT2D eigenvalue weighted by Crippen LogP contribution is 2.51. The van der Waals surface area contributed by atoms with Gasteiger partial charge in [-0.15, -0.1) is 0 Å². The van der Waals surface area contributed by atoms with Gasteiger partial charge in [-0.05, 0) is 29.9 Å². The molecular weight excluding hydrogens is 294 g/mol. The zero-order valence-electron chi connectivity index (χ0n) is 12.2. The molecule has 1 aromatic rings. The third kappa shape index (κ3) is 3.33. The molecule has 1 saturated carbocycles. The third-order valence-electron chi connectivity index (χ3n) is 3.98. The summed E-state index contributed by atoms with van der Waals surface area (Å²) in [6, 6.07) is 3.83. The fourth-order valence-corrected chi connectivity index (χ4v) is 3.36. The Balaban J connectivity index is 2.20. The number of nitrogens with zero attached hydrogens (tertiary/aromatic N) is 1. The maximum atomic E-state index is 12.2. The highest BCUT2D eigenvalue weighted by atomic mass is 32.2. The number of rotatable bonds is 6. The Kier molecular flexibility index (Phi) is 3.94. The van der Waals surface area contributed by atoms with Crippen LogP contribution in [0.2, 0.25) is 0 Å². The summed E-state index contributed by atoms with van der Waals surface area (Å²) in [6.45, 7) is 4.52. The lowest BCUT2D eigenvalue weighted by Gasteiger charge is -2.09. The predicted octanol–water partition coefficient (Wildman–Crippen LogP) is 1.96. The van der Waals surface area contributed by atoms with Gasteiger partial charge in [0.2, 0.25) is 10.0 Å². The molecule has 0 saturated heterocycles. The predicted molar refractivity (Wildman–Crippen MR) is 79.7 cm³/mol. The van der Waals surface area contributed by atoms with Crippen molar-refractivity contribution >= 4 is 21.4 Å². The monoisotopic (exact) mass is 313 g/mol. The zero-order valence-corrected chi connectivity index (χ0v) is 13.0. The van der Waals surface area contributed by atoms with E-state index in [9.17, 15) is 18.5 Å². The lowest BCUT2D eigenvalue weighted by atomic mass is 10.1. The Morgan fingerprint density at radius 2 is 2.05 bits per heavy atom. The summed E-state index contributed by atoms with van der Waals surface area (Å²) < 4.78 is 26.9. The van der Waals surface area contributed by atoms with E-state index in [1.165, 1.54) is 12.1 Å². The van der Waals surface area contributed by atoms with Crippen molar-refractivity contribution < 1.29 is 13.3 Å². The number of anilines is 1. The van der Waals surface area contributed by atoms with Gasteiger partial charge in [0.15, 0.2) is 0 Å². The number of hydrogen-bond acceptors (Lipinski definition) is 5. The summed E-state index contributed by atoms with van der Waals surface area (Å²) in [6.07, 6.45) is 0.981. The average molecular weight is 313 g/mol. The minimum absolute atomic E-state index is 0.0911. The second-order valence-electron chi connectivity index (χ2n) is 5.93. The van der Waals surface area contributed by atoms with E-state index >= 15 is 0 Å². The largest absolute Gasteiger partial charge is 0.383 e. The molecule has 116 valence electrons. The molecule has 21 heavy (non-hydrogen) atoms. The van der Waals surface area contributed by atoms with Crippen molar-refractivity contribution in [1.29, 1.82) is 0 Å². The smallest absolute Gasteiger partial charge is 0.293 e. The molecule has 1 unspecified atom stereocenters. The van der Waals surface area contributed by atoms with Crippen LogP contribution in [0.25, 0.3) is 0 Å². The summed E-state index contributed by atoms with van der Waals surface area (Å²) >= 11 is 0. The minimum atomic E-state index is -3.73. The van der Waals surface area contributed by atoms with E-state index in [2.05, 4.69) is 23.9 Å². The molecule has 0 amide bonds. The Morgan fingerprint density at radius 1 is 1.43 bits per heavy atom. The van der Waals surface area contributed by atoms with E-state index in [0.29, 0.717) is 12.5 Å². The summed E-state index contributed by atoms with van der Waals surface area (Å²) in [5.41, 5.74) is 0.194. The lowest BCUT2D eigenvalue weighted by Crippen LogP contribution is -2.27. The molecule has 1 aromatic carbocycles. The van der Waals surface area contributed by atoms with E-state index in [1.54, 1.807) is 7.05 Å². The Labute approximate surface area is 123 Å². The number of nitro groups is 1. The van der Waals surface area contributed by atoms with Gasteiger partial charge in [0.1, 0.15) is 5.69 Å². The molecule has 0 aromatic heterocycles. The molecule has 1 atom stereocenters. The summed E-state index contributed by atoms with van der Waals surface area (Å²) in [5, 5.41) is 13.6. The molecule has 2 N–H and O–H groups in total. The highest BCUT2D eigenvalue weighted by Gasteiger charge is 2.45. The Morgan fingerprint density at radius 3 is 2.52 bits per heavy atom. The van der Waals surface area contributed by atoms with Crippen molar-refractivity contribution in [3.63, 3.8) is 0 Å². The molecule has 0 radical (unpaired) electrons. The van der Waals surface area contributed by atoms with Gasteiger partial charge in [-0.3, -0.25) is 10.1 Å². The van der Waals surface area contributed by atoms with E-state index in [-0.39, 0.29) is 21.7 Å². The first kappa shape index (κ1) is 15.7. The van der Waals surface area contributed by atoms with Gasteiger partial charge in [-0.2, -0.15) is 0 Å². The van der Waals surface area contributed by atoms with Crippen LogP contribution in [0.3, 0.4) is 0 Å². The minimum Gasteiger partial charge on any atom is -0.383 e. The lowest BCUT2D eigenvalue weighted by molar-refractivity contribution is -0.384. The van der Waals surface area contributed by atoms with Crippen molar-refractivity contribution in [2.75, 3.05) is 18.9 Å². The van der Waals surface area contributed by atoms with Gasteiger partial charge >= 0.3 is 0 Å². The molecule has 1 aliphatic carbocycles. The van der Waals surface area contributed by atoms with Crippen LogP contribution >= 0.6 is 0 Å². The van der Waals surface area contributed by atoms with Crippen LogP contribution in [-0.4, -0.2) is 26.9 Å². The van der Waals surface area contributed by atoms with E-state index in [0.717, 1.165) is 12.5 Å². The third-order valence-corrected chi connectivity index (χ3v) is 5.40. The zero-order chi connectivity index (χ0) is 15.8. The molecule has 1 fully saturated rings. The van der Waals surface area contributed by atoms with Crippen LogP contribution in [0, 0.1) is 21.4 Å².